The minimum atomic E-state index is -0.676. The predicted molar refractivity (Wildman–Crippen MR) is 67.4 cm³/mol. The third-order valence-corrected chi connectivity index (χ3v) is 2.82. The number of rotatable bonds is 5. The second-order valence-electron chi connectivity index (χ2n) is 4.25. The van der Waals surface area contributed by atoms with Crippen LogP contribution in [-0.2, 0) is 4.79 Å². The Labute approximate surface area is 102 Å². The highest BCUT2D eigenvalue weighted by molar-refractivity contribution is 5.78. The number of carbonyl (C=O) groups excluding carboxylic acids is 1. The zero-order chi connectivity index (χ0) is 12.8. The lowest BCUT2D eigenvalue weighted by molar-refractivity contribution is -0.124. The van der Waals surface area contributed by atoms with Crippen LogP contribution >= 0.6 is 0 Å². The molecule has 0 heterocycles. The molecule has 1 amide bonds. The molecule has 1 rings (SSSR count). The van der Waals surface area contributed by atoms with Gasteiger partial charge in [-0.2, -0.15) is 0 Å². The fourth-order valence-electron chi connectivity index (χ4n) is 1.55. The van der Waals surface area contributed by atoms with Gasteiger partial charge in [0.15, 0.2) is 0 Å². The molecule has 4 nitrogen and oxygen atoms in total. The number of hydrogen-bond donors (Lipinski definition) is 3. The van der Waals surface area contributed by atoms with E-state index in [4.69, 9.17) is 5.73 Å². The van der Waals surface area contributed by atoms with E-state index < -0.39 is 6.10 Å². The molecule has 0 spiro atoms. The number of aryl methyl sites for hydroxylation is 1. The van der Waals surface area contributed by atoms with Crippen molar-refractivity contribution in [3.8, 4) is 0 Å². The molecule has 0 fully saturated rings. The molecule has 1 aromatic carbocycles. The van der Waals surface area contributed by atoms with Gasteiger partial charge in [0.1, 0.15) is 0 Å². The molecular formula is C13H20N2O2. The molecule has 0 saturated carbocycles. The van der Waals surface area contributed by atoms with Crippen molar-refractivity contribution in [1.29, 1.82) is 0 Å². The first-order chi connectivity index (χ1) is 8.06. The second-order valence-corrected chi connectivity index (χ2v) is 4.25. The van der Waals surface area contributed by atoms with Crippen LogP contribution in [0.2, 0.25) is 0 Å². The Morgan fingerprint density at radius 2 is 2.12 bits per heavy atom. The first kappa shape index (κ1) is 13.7. The minimum Gasteiger partial charge on any atom is -0.387 e. The van der Waals surface area contributed by atoms with Crippen molar-refractivity contribution in [1.82, 2.24) is 5.32 Å². The number of aliphatic hydroxyl groups excluding tert-OH is 1. The van der Waals surface area contributed by atoms with E-state index >= 15 is 0 Å². The van der Waals surface area contributed by atoms with Crippen LogP contribution in [0.25, 0.3) is 0 Å². The zero-order valence-corrected chi connectivity index (χ0v) is 10.3. The van der Waals surface area contributed by atoms with E-state index in [2.05, 4.69) is 5.32 Å². The summed E-state index contributed by atoms with van der Waals surface area (Å²) < 4.78 is 0. The molecule has 0 aliphatic heterocycles. The van der Waals surface area contributed by atoms with Crippen molar-refractivity contribution in [2.24, 2.45) is 11.7 Å². The first-order valence-electron chi connectivity index (χ1n) is 5.77. The molecule has 2 atom stereocenters. The maximum atomic E-state index is 11.5. The average Bonchev–Trinajstić information content (AvgIpc) is 2.35. The maximum Gasteiger partial charge on any atom is 0.224 e. The molecule has 0 aliphatic rings. The lowest BCUT2D eigenvalue weighted by atomic mass is 10.0. The van der Waals surface area contributed by atoms with Crippen LogP contribution in [0.15, 0.2) is 24.3 Å². The van der Waals surface area contributed by atoms with Crippen LogP contribution in [-0.4, -0.2) is 24.1 Å². The summed E-state index contributed by atoms with van der Waals surface area (Å²) in [6.45, 7) is 4.22. The molecule has 4 N–H and O–H groups in total. The molecule has 0 bridgehead atoms. The Balaban J connectivity index is 2.53. The van der Waals surface area contributed by atoms with Crippen LogP contribution in [0.3, 0.4) is 0 Å². The van der Waals surface area contributed by atoms with Crippen molar-refractivity contribution in [2.75, 3.05) is 13.1 Å². The van der Waals surface area contributed by atoms with E-state index in [0.717, 1.165) is 11.1 Å². The number of amides is 1. The van der Waals surface area contributed by atoms with Crippen LogP contribution in [0.5, 0.6) is 0 Å². The number of hydrogen-bond acceptors (Lipinski definition) is 3. The van der Waals surface area contributed by atoms with Gasteiger partial charge in [-0.25, -0.2) is 0 Å². The van der Waals surface area contributed by atoms with Crippen LogP contribution in [0.1, 0.15) is 24.2 Å². The molecule has 1 aromatic rings. The lowest BCUT2D eigenvalue weighted by Crippen LogP contribution is -2.35. The summed E-state index contributed by atoms with van der Waals surface area (Å²) >= 11 is 0. The number of nitrogens with one attached hydrogen (secondary N) is 1. The first-order valence-corrected chi connectivity index (χ1v) is 5.77. The normalized spacial score (nSPS) is 14.1. The summed E-state index contributed by atoms with van der Waals surface area (Å²) in [7, 11) is 0. The Morgan fingerprint density at radius 1 is 1.47 bits per heavy atom. The maximum absolute atomic E-state index is 11.5. The quantitative estimate of drug-likeness (QED) is 0.706. The van der Waals surface area contributed by atoms with E-state index in [0.29, 0.717) is 6.54 Å². The Hall–Kier alpha value is -1.39. The highest BCUT2D eigenvalue weighted by atomic mass is 16.3. The molecule has 94 valence electrons. The van der Waals surface area contributed by atoms with Gasteiger partial charge in [-0.1, -0.05) is 31.2 Å². The van der Waals surface area contributed by atoms with E-state index in [1.54, 1.807) is 6.92 Å². The molecule has 0 aromatic heterocycles. The Morgan fingerprint density at radius 3 is 2.71 bits per heavy atom. The largest absolute Gasteiger partial charge is 0.387 e. The van der Waals surface area contributed by atoms with Gasteiger partial charge in [0, 0.05) is 19.0 Å². The van der Waals surface area contributed by atoms with E-state index in [1.165, 1.54) is 0 Å². The van der Waals surface area contributed by atoms with Gasteiger partial charge in [0.2, 0.25) is 5.91 Å². The topological polar surface area (TPSA) is 75.3 Å². The monoisotopic (exact) mass is 236 g/mol. The third kappa shape index (κ3) is 3.84. The molecule has 0 radical (unpaired) electrons. The fraction of sp³-hybridized carbons (Fsp3) is 0.462. The molecule has 0 aliphatic carbocycles. The SMILES string of the molecule is Cc1ccccc1C(O)CNC(=O)C(C)CN. The predicted octanol–water partition coefficient (Wildman–Crippen LogP) is 0.739. The number of nitrogens with two attached hydrogens (primary N) is 1. The highest BCUT2D eigenvalue weighted by Crippen LogP contribution is 2.16. The van der Waals surface area contributed by atoms with E-state index in [-0.39, 0.29) is 18.4 Å². The summed E-state index contributed by atoms with van der Waals surface area (Å²) in [5.41, 5.74) is 7.25. The summed E-state index contributed by atoms with van der Waals surface area (Å²) in [6, 6.07) is 7.58. The number of aliphatic hydroxyl groups is 1. The molecule has 4 heteroatoms. The summed E-state index contributed by atoms with van der Waals surface area (Å²) in [5, 5.41) is 12.6. The van der Waals surface area contributed by atoms with Crippen molar-refractivity contribution >= 4 is 5.91 Å². The molecule has 2 unspecified atom stereocenters. The summed E-state index contributed by atoms with van der Waals surface area (Å²) in [6.07, 6.45) is -0.676. The average molecular weight is 236 g/mol. The van der Waals surface area contributed by atoms with Crippen molar-refractivity contribution in [3.63, 3.8) is 0 Å². The van der Waals surface area contributed by atoms with Gasteiger partial charge >= 0.3 is 0 Å². The van der Waals surface area contributed by atoms with Gasteiger partial charge < -0.3 is 16.2 Å². The van der Waals surface area contributed by atoms with E-state index in [1.807, 2.05) is 31.2 Å². The standard InChI is InChI=1S/C13H20N2O2/c1-9-5-3-4-6-11(9)12(16)8-15-13(17)10(2)7-14/h3-6,10,12,16H,7-8,14H2,1-2H3,(H,15,17). The smallest absolute Gasteiger partial charge is 0.224 e. The van der Waals surface area contributed by atoms with Crippen molar-refractivity contribution < 1.29 is 9.90 Å². The number of carbonyl (C=O) groups is 1. The van der Waals surface area contributed by atoms with Gasteiger partial charge in [-0.05, 0) is 18.1 Å². The fourth-order valence-corrected chi connectivity index (χ4v) is 1.55. The van der Waals surface area contributed by atoms with Crippen molar-refractivity contribution in [3.05, 3.63) is 35.4 Å². The number of benzene rings is 1. The van der Waals surface area contributed by atoms with Gasteiger partial charge in [-0.15, -0.1) is 0 Å². The Kier molecular flexibility index (Phi) is 5.12. The minimum absolute atomic E-state index is 0.125. The third-order valence-electron chi connectivity index (χ3n) is 2.82. The molecule has 0 saturated heterocycles. The van der Waals surface area contributed by atoms with Crippen LogP contribution in [0, 0.1) is 12.8 Å². The molecular weight excluding hydrogens is 216 g/mol. The Bertz CT molecular complexity index is 379. The second kappa shape index (κ2) is 6.37. The van der Waals surface area contributed by atoms with Gasteiger partial charge in [0.25, 0.3) is 0 Å². The van der Waals surface area contributed by atoms with Gasteiger partial charge in [-0.3, -0.25) is 4.79 Å². The van der Waals surface area contributed by atoms with E-state index in [9.17, 15) is 9.90 Å². The van der Waals surface area contributed by atoms with Crippen LogP contribution < -0.4 is 11.1 Å². The molecule has 17 heavy (non-hydrogen) atoms. The highest BCUT2D eigenvalue weighted by Gasteiger charge is 2.14. The lowest BCUT2D eigenvalue weighted by Gasteiger charge is -2.16. The van der Waals surface area contributed by atoms with Crippen LogP contribution in [0.4, 0.5) is 0 Å². The van der Waals surface area contributed by atoms with Crippen molar-refractivity contribution in [2.45, 2.75) is 20.0 Å². The zero-order valence-electron chi connectivity index (χ0n) is 10.3. The summed E-state index contributed by atoms with van der Waals surface area (Å²) in [5.74, 6) is -0.348. The van der Waals surface area contributed by atoms with Gasteiger partial charge in [0.05, 0.1) is 6.10 Å². The summed E-state index contributed by atoms with van der Waals surface area (Å²) in [4.78, 5) is 11.5.